The molecule has 2 aliphatic heterocycles. The van der Waals surface area contributed by atoms with Gasteiger partial charge in [0.15, 0.2) is 12.3 Å². The highest BCUT2D eigenvalue weighted by atomic mass is 32.2. The van der Waals surface area contributed by atoms with E-state index >= 15 is 0 Å². The van der Waals surface area contributed by atoms with Crippen molar-refractivity contribution >= 4 is 48.6 Å². The largest absolute Gasteiger partial charge is 0.744 e. The Morgan fingerprint density at radius 1 is 0.844 bits per heavy atom. The first-order valence-corrected chi connectivity index (χ1v) is 25.6. The molecule has 6 rings (SSSR count). The topological polar surface area (TPSA) is 139 Å². The standard InChI is InChI=1S/C51H70N6O5S2/c1-50(2)43-35-41(63(11,58)59)23-25-45(43)54(31-13-33-56(5,6)7)47(50)27-19-38-15-12-16-39(49(38)53-30-29-37-17-21-40(52)22-18-37)20-28-48-51(3,4)44-36-42(64(60,61)62)24-26-46(44)55(48)32-14-34-57(8,9)10/h17-28,35-36H,11-16,29-34,52H2,1-10H3/p+2/b38-19+,47-27+. The zero-order valence-corrected chi connectivity index (χ0v) is 41.5. The van der Waals surface area contributed by atoms with Gasteiger partial charge in [-0.25, -0.2) is 12.6 Å². The quantitative estimate of drug-likeness (QED) is 0.0412. The molecule has 0 aromatic heterocycles. The number of rotatable bonds is 17. The lowest BCUT2D eigenvalue weighted by Crippen LogP contribution is -2.37. The van der Waals surface area contributed by atoms with Gasteiger partial charge in [-0.15, -0.1) is 0 Å². The van der Waals surface area contributed by atoms with Crippen LogP contribution < -0.4 is 16.0 Å². The second kappa shape index (κ2) is 18.4. The average molecular weight is 913 g/mol. The third-order valence-electron chi connectivity index (χ3n) is 12.9. The zero-order chi connectivity index (χ0) is 47.0. The molecular weight excluding hydrogens is 841 g/mol. The summed E-state index contributed by atoms with van der Waals surface area (Å²) in [6.45, 7) is 12.8. The summed E-state index contributed by atoms with van der Waals surface area (Å²) in [5.74, 6) is 3.57. The van der Waals surface area contributed by atoms with Crippen LogP contribution in [0.1, 0.15) is 76.5 Å². The van der Waals surface area contributed by atoms with E-state index in [1.165, 1.54) is 22.8 Å². The molecule has 4 N–H and O–H groups in total. The molecule has 0 amide bonds. The number of nitrogens with two attached hydrogens (primary N) is 1. The van der Waals surface area contributed by atoms with Crippen LogP contribution in [0.5, 0.6) is 0 Å². The monoisotopic (exact) mass is 912 g/mol. The van der Waals surface area contributed by atoms with Crippen LogP contribution in [0, 0.1) is 0 Å². The van der Waals surface area contributed by atoms with Gasteiger partial charge in [-0.05, 0) is 116 Å². The number of nitrogens with zero attached hydrogens (tertiary/aromatic N) is 4. The molecule has 0 saturated carbocycles. The highest BCUT2D eigenvalue weighted by Gasteiger charge is 2.45. The number of allylic oxidation sites excluding steroid dienone is 7. The van der Waals surface area contributed by atoms with Crippen molar-refractivity contribution in [1.82, 2.24) is 5.32 Å². The van der Waals surface area contributed by atoms with Crippen LogP contribution in [0.3, 0.4) is 0 Å². The van der Waals surface area contributed by atoms with Crippen LogP contribution in [0.4, 0.5) is 17.1 Å². The summed E-state index contributed by atoms with van der Waals surface area (Å²) in [7, 11) is 5.13. The fourth-order valence-corrected chi connectivity index (χ4v) is 10.5. The lowest BCUT2D eigenvalue weighted by atomic mass is 9.81. The van der Waals surface area contributed by atoms with Crippen molar-refractivity contribution in [2.24, 2.45) is 0 Å². The number of nitrogens with one attached hydrogen (secondary N) is 1. The van der Waals surface area contributed by atoms with Gasteiger partial charge in [0.1, 0.15) is 19.9 Å². The van der Waals surface area contributed by atoms with E-state index in [0.717, 1.165) is 119 Å². The van der Waals surface area contributed by atoms with E-state index in [0.29, 0.717) is 11.4 Å². The molecular formula is C51H72N6O5S2+2. The summed E-state index contributed by atoms with van der Waals surface area (Å²) in [4.78, 5) is 2.51. The molecule has 3 aliphatic rings. The van der Waals surface area contributed by atoms with E-state index in [9.17, 15) is 21.7 Å². The Balaban J connectivity index is 1.45. The van der Waals surface area contributed by atoms with Crippen molar-refractivity contribution in [3.63, 3.8) is 0 Å². The number of anilines is 2. The third-order valence-corrected chi connectivity index (χ3v) is 14.7. The molecule has 64 heavy (non-hydrogen) atoms. The molecule has 346 valence electrons. The minimum absolute atomic E-state index is 0.210. The molecule has 3 aromatic rings. The molecule has 1 atom stereocenters. The van der Waals surface area contributed by atoms with Gasteiger partial charge >= 0.3 is 0 Å². The van der Waals surface area contributed by atoms with Crippen LogP contribution in [0.25, 0.3) is 0 Å². The summed E-state index contributed by atoms with van der Waals surface area (Å²) in [5.41, 5.74) is 16.4. The van der Waals surface area contributed by atoms with Crippen molar-refractivity contribution < 1.29 is 35.3 Å². The molecule has 0 radical (unpaired) electrons. The molecule has 0 fully saturated rings. The van der Waals surface area contributed by atoms with E-state index < -0.39 is 30.8 Å². The smallest absolute Gasteiger partial charge is 0.209 e. The molecule has 0 spiro atoms. The molecule has 13 heteroatoms. The number of nitrogen functional groups attached to an aromatic ring is 1. The van der Waals surface area contributed by atoms with Gasteiger partial charge in [0.2, 0.25) is 5.69 Å². The fourth-order valence-electron chi connectivity index (χ4n) is 9.41. The van der Waals surface area contributed by atoms with Crippen LogP contribution in [-0.4, -0.2) is 122 Å². The van der Waals surface area contributed by atoms with Gasteiger partial charge in [-0.3, -0.25) is 0 Å². The first kappa shape index (κ1) is 48.9. The SMILES string of the molecule is C=S(=O)(O)c1ccc2c(c1)C(C)(C)/C(=C\C=C1/CCCC(/C=C/C3=[N+](CCC[N+](C)(C)C)c4ccc(S(=O)(=O)[O-])cc4C3(C)C)=C1NCCc1ccc(N)cc1)N2CCC[N+](C)(C)C. The average Bonchev–Trinajstić information content (AvgIpc) is 3.53. The van der Waals surface area contributed by atoms with E-state index in [4.69, 9.17) is 5.73 Å². The summed E-state index contributed by atoms with van der Waals surface area (Å²) in [5, 5.41) is 3.87. The summed E-state index contributed by atoms with van der Waals surface area (Å²) in [6, 6.07) is 18.4. The number of quaternary nitrogens is 2. The lowest BCUT2D eigenvalue weighted by Gasteiger charge is -2.29. The van der Waals surface area contributed by atoms with E-state index in [1.54, 1.807) is 18.2 Å². The second-order valence-electron chi connectivity index (χ2n) is 20.9. The van der Waals surface area contributed by atoms with Gasteiger partial charge in [0.05, 0.1) is 77.0 Å². The fraction of sp³-hybridized carbons (Fsp3) is 0.451. The highest BCUT2D eigenvalue weighted by molar-refractivity contribution is 7.95. The predicted octanol–water partition coefficient (Wildman–Crippen LogP) is 7.72. The molecule has 2 heterocycles. The molecule has 0 saturated heterocycles. The number of hydrogen-bond donors (Lipinski definition) is 3. The van der Waals surface area contributed by atoms with Crippen LogP contribution in [0.2, 0.25) is 0 Å². The van der Waals surface area contributed by atoms with Gasteiger partial charge < -0.3 is 34.0 Å². The molecule has 0 bridgehead atoms. The summed E-state index contributed by atoms with van der Waals surface area (Å²) < 4.78 is 63.9. The second-order valence-corrected chi connectivity index (χ2v) is 24.0. The minimum Gasteiger partial charge on any atom is -0.744 e. The van der Waals surface area contributed by atoms with Gasteiger partial charge in [0.25, 0.3) is 0 Å². The Hall–Kier alpha value is -4.50. The summed E-state index contributed by atoms with van der Waals surface area (Å²) >= 11 is 0. The third kappa shape index (κ3) is 11.3. The first-order valence-electron chi connectivity index (χ1n) is 22.5. The van der Waals surface area contributed by atoms with Crippen molar-refractivity contribution in [3.8, 4) is 0 Å². The maximum absolute atomic E-state index is 12.8. The Morgan fingerprint density at radius 2 is 1.48 bits per heavy atom. The van der Waals surface area contributed by atoms with Crippen LogP contribution in [0.15, 0.2) is 117 Å². The molecule has 11 nitrogen and oxygen atoms in total. The Labute approximate surface area is 384 Å². The van der Waals surface area contributed by atoms with Crippen LogP contribution in [-0.2, 0) is 37.2 Å². The lowest BCUT2D eigenvalue weighted by molar-refractivity contribution is -0.871. The Bertz CT molecular complexity index is 2640. The van der Waals surface area contributed by atoms with Crippen molar-refractivity contribution in [3.05, 3.63) is 124 Å². The Kier molecular flexibility index (Phi) is 14.1. The first-order chi connectivity index (χ1) is 29.7. The number of benzene rings is 3. The molecule has 1 aliphatic carbocycles. The van der Waals surface area contributed by atoms with Gasteiger partial charge in [0, 0.05) is 65.4 Å². The predicted molar refractivity (Wildman–Crippen MR) is 264 cm³/mol. The van der Waals surface area contributed by atoms with Crippen molar-refractivity contribution in [2.75, 3.05) is 85.6 Å². The normalized spacial score (nSPS) is 19.8. The highest BCUT2D eigenvalue weighted by Crippen LogP contribution is 2.49. The van der Waals surface area contributed by atoms with Crippen molar-refractivity contribution in [1.29, 1.82) is 0 Å². The summed E-state index contributed by atoms with van der Waals surface area (Å²) in [6.07, 6.45) is 14.4. The molecule has 1 unspecified atom stereocenters. The van der Waals surface area contributed by atoms with Crippen LogP contribution >= 0.6 is 0 Å². The zero-order valence-electron chi connectivity index (χ0n) is 39.8. The van der Waals surface area contributed by atoms with E-state index in [-0.39, 0.29) is 4.90 Å². The van der Waals surface area contributed by atoms with E-state index in [2.05, 4.69) is 127 Å². The van der Waals surface area contributed by atoms with E-state index in [1.807, 2.05) is 24.3 Å². The van der Waals surface area contributed by atoms with Crippen molar-refractivity contribution in [2.45, 2.75) is 86.8 Å². The number of hydrogen-bond acceptors (Lipinski definition) is 7. The molecule has 3 aromatic carbocycles. The number of fused-ring (bicyclic) bond motifs is 2. The Morgan fingerprint density at radius 3 is 2.12 bits per heavy atom. The maximum atomic E-state index is 12.8. The minimum atomic E-state index is -4.64. The maximum Gasteiger partial charge on any atom is 0.209 e. The van der Waals surface area contributed by atoms with Gasteiger partial charge in [-0.2, -0.15) is 4.58 Å². The van der Waals surface area contributed by atoms with Gasteiger partial charge in [-0.1, -0.05) is 38.1 Å².